The molecule has 0 spiro atoms. The number of rotatable bonds is 9. The van der Waals surface area contributed by atoms with E-state index in [-0.39, 0.29) is 12.4 Å². The molecule has 136 valence electrons. The zero-order chi connectivity index (χ0) is 16.5. The van der Waals surface area contributed by atoms with Crippen molar-refractivity contribution in [2.75, 3.05) is 27.0 Å². The van der Waals surface area contributed by atoms with Gasteiger partial charge in [0.15, 0.2) is 6.29 Å². The Morgan fingerprint density at radius 2 is 1.74 bits per heavy atom. The van der Waals surface area contributed by atoms with Crippen molar-refractivity contribution in [1.82, 2.24) is 0 Å². The first kappa shape index (κ1) is 19.4. The SMILES string of the molecule is COP(=O)(CCC[C@@H](OC1CCCCO1)C1CCCCC1)OC. The van der Waals surface area contributed by atoms with E-state index < -0.39 is 7.60 Å². The molecule has 1 aliphatic carbocycles. The molecule has 0 amide bonds. The monoisotopic (exact) mass is 348 g/mol. The van der Waals surface area contributed by atoms with Crippen LogP contribution in [-0.4, -0.2) is 39.4 Å². The summed E-state index contributed by atoms with van der Waals surface area (Å²) in [6.07, 6.45) is 12.1. The Labute approximate surface area is 140 Å². The minimum absolute atomic E-state index is 0.0488. The maximum atomic E-state index is 12.2. The van der Waals surface area contributed by atoms with Crippen LogP contribution in [0.15, 0.2) is 0 Å². The van der Waals surface area contributed by atoms with Gasteiger partial charge in [-0.2, -0.15) is 0 Å². The van der Waals surface area contributed by atoms with Crippen LogP contribution in [0.1, 0.15) is 64.2 Å². The number of hydrogen-bond acceptors (Lipinski definition) is 5. The second-order valence-electron chi connectivity index (χ2n) is 6.71. The molecule has 0 aromatic heterocycles. The molecule has 1 saturated carbocycles. The van der Waals surface area contributed by atoms with Crippen LogP contribution in [0, 0.1) is 5.92 Å². The van der Waals surface area contributed by atoms with Crippen molar-refractivity contribution in [2.45, 2.75) is 76.6 Å². The predicted molar refractivity (Wildman–Crippen MR) is 90.8 cm³/mol. The highest BCUT2D eigenvalue weighted by molar-refractivity contribution is 7.53. The second kappa shape index (κ2) is 10.1. The van der Waals surface area contributed by atoms with Crippen LogP contribution in [0.2, 0.25) is 0 Å². The van der Waals surface area contributed by atoms with E-state index in [0.717, 1.165) is 32.3 Å². The zero-order valence-electron chi connectivity index (χ0n) is 14.7. The number of ether oxygens (including phenoxy) is 2. The smallest absolute Gasteiger partial charge is 0.330 e. The molecule has 2 aliphatic rings. The van der Waals surface area contributed by atoms with Gasteiger partial charge in [-0.25, -0.2) is 0 Å². The first-order chi connectivity index (χ1) is 11.2. The van der Waals surface area contributed by atoms with Crippen molar-refractivity contribution in [2.24, 2.45) is 5.92 Å². The summed E-state index contributed by atoms with van der Waals surface area (Å²) in [6.45, 7) is 0.810. The van der Waals surface area contributed by atoms with E-state index in [9.17, 15) is 4.57 Å². The minimum atomic E-state index is -2.91. The van der Waals surface area contributed by atoms with Gasteiger partial charge in [0.2, 0.25) is 0 Å². The van der Waals surface area contributed by atoms with Crippen molar-refractivity contribution in [3.63, 3.8) is 0 Å². The third-order valence-corrected chi connectivity index (χ3v) is 7.09. The Morgan fingerprint density at radius 3 is 2.35 bits per heavy atom. The van der Waals surface area contributed by atoms with Crippen LogP contribution in [0.25, 0.3) is 0 Å². The lowest BCUT2D eigenvalue weighted by Gasteiger charge is -2.34. The van der Waals surface area contributed by atoms with Crippen LogP contribution in [-0.2, 0) is 23.1 Å². The molecule has 1 unspecified atom stereocenters. The van der Waals surface area contributed by atoms with Gasteiger partial charge >= 0.3 is 7.60 Å². The lowest BCUT2D eigenvalue weighted by atomic mass is 9.83. The quantitative estimate of drug-likeness (QED) is 0.563. The normalized spacial score (nSPS) is 25.4. The molecule has 2 rings (SSSR count). The molecule has 0 aromatic carbocycles. The minimum Gasteiger partial charge on any atom is -0.353 e. The van der Waals surface area contributed by atoms with Gasteiger partial charge < -0.3 is 18.5 Å². The standard InChI is InChI=1S/C17H33O5P/c1-19-23(18,20-2)14-8-11-16(15-9-4-3-5-10-15)22-17-12-6-7-13-21-17/h15-17H,3-14H2,1-2H3/t16-,17?/m1/s1. The van der Waals surface area contributed by atoms with Gasteiger partial charge in [-0.3, -0.25) is 4.57 Å². The maximum Gasteiger partial charge on any atom is 0.330 e. The lowest BCUT2D eigenvalue weighted by molar-refractivity contribution is -0.201. The molecule has 1 heterocycles. The fraction of sp³-hybridized carbons (Fsp3) is 1.00. The first-order valence-electron chi connectivity index (χ1n) is 9.14. The molecule has 2 atom stereocenters. The molecule has 0 N–H and O–H groups in total. The van der Waals surface area contributed by atoms with Gasteiger partial charge in [-0.15, -0.1) is 0 Å². The lowest BCUT2D eigenvalue weighted by Crippen LogP contribution is -2.33. The zero-order valence-corrected chi connectivity index (χ0v) is 15.6. The Morgan fingerprint density at radius 1 is 1.04 bits per heavy atom. The predicted octanol–water partition coefficient (Wildman–Crippen LogP) is 4.74. The topological polar surface area (TPSA) is 54.0 Å². The van der Waals surface area contributed by atoms with Crippen molar-refractivity contribution in [3.05, 3.63) is 0 Å². The van der Waals surface area contributed by atoms with Gasteiger partial charge in [0.1, 0.15) is 0 Å². The maximum absolute atomic E-state index is 12.2. The van der Waals surface area contributed by atoms with Gasteiger partial charge in [0.25, 0.3) is 0 Å². The molecule has 5 nitrogen and oxygen atoms in total. The third-order valence-electron chi connectivity index (χ3n) is 5.12. The van der Waals surface area contributed by atoms with Crippen molar-refractivity contribution in [3.8, 4) is 0 Å². The van der Waals surface area contributed by atoms with E-state index in [1.165, 1.54) is 52.7 Å². The summed E-state index contributed by atoms with van der Waals surface area (Å²) < 4.78 is 34.3. The summed E-state index contributed by atoms with van der Waals surface area (Å²) in [5.41, 5.74) is 0. The third kappa shape index (κ3) is 6.47. The van der Waals surface area contributed by atoms with Crippen LogP contribution < -0.4 is 0 Å². The van der Waals surface area contributed by atoms with E-state index in [1.807, 2.05) is 0 Å². The highest BCUT2D eigenvalue weighted by Crippen LogP contribution is 2.47. The molecule has 6 heteroatoms. The summed E-state index contributed by atoms with van der Waals surface area (Å²) >= 11 is 0. The summed E-state index contributed by atoms with van der Waals surface area (Å²) in [5, 5.41) is 0. The van der Waals surface area contributed by atoms with Crippen molar-refractivity contribution >= 4 is 7.60 Å². The van der Waals surface area contributed by atoms with E-state index in [1.54, 1.807) is 0 Å². The van der Waals surface area contributed by atoms with E-state index >= 15 is 0 Å². The van der Waals surface area contributed by atoms with E-state index in [0.29, 0.717) is 12.1 Å². The Bertz CT molecular complexity index is 356. The average Bonchev–Trinajstić information content (AvgIpc) is 2.62. The summed E-state index contributed by atoms with van der Waals surface area (Å²) in [4.78, 5) is 0. The van der Waals surface area contributed by atoms with Gasteiger partial charge in [0, 0.05) is 20.8 Å². The highest BCUT2D eigenvalue weighted by atomic mass is 31.2. The van der Waals surface area contributed by atoms with Gasteiger partial charge in [0.05, 0.1) is 12.3 Å². The second-order valence-corrected chi connectivity index (χ2v) is 9.11. The summed E-state index contributed by atoms with van der Waals surface area (Å²) in [5.74, 6) is 0.610. The molecule has 0 aromatic rings. The fourth-order valence-electron chi connectivity index (χ4n) is 3.68. The Balaban J connectivity index is 1.85. The molecule has 1 saturated heterocycles. The van der Waals surface area contributed by atoms with Crippen LogP contribution >= 0.6 is 7.60 Å². The van der Waals surface area contributed by atoms with Gasteiger partial charge in [-0.05, 0) is 50.9 Å². The summed E-state index contributed by atoms with van der Waals surface area (Å²) in [7, 11) is 0.000335. The molecular weight excluding hydrogens is 315 g/mol. The van der Waals surface area contributed by atoms with Crippen molar-refractivity contribution < 1.29 is 23.1 Å². The van der Waals surface area contributed by atoms with E-state index in [2.05, 4.69) is 0 Å². The average molecular weight is 348 g/mol. The summed E-state index contributed by atoms with van der Waals surface area (Å²) in [6, 6.07) is 0. The number of hydrogen-bond donors (Lipinski definition) is 0. The molecule has 0 radical (unpaired) electrons. The van der Waals surface area contributed by atoms with Crippen LogP contribution in [0.4, 0.5) is 0 Å². The van der Waals surface area contributed by atoms with Gasteiger partial charge in [-0.1, -0.05) is 19.3 Å². The van der Waals surface area contributed by atoms with E-state index in [4.69, 9.17) is 18.5 Å². The molecule has 23 heavy (non-hydrogen) atoms. The molecular formula is C17H33O5P. The first-order valence-corrected chi connectivity index (χ1v) is 10.9. The fourth-order valence-corrected chi connectivity index (χ4v) is 4.76. The molecule has 0 bridgehead atoms. The molecule has 2 fully saturated rings. The van der Waals surface area contributed by atoms with Crippen LogP contribution in [0.3, 0.4) is 0 Å². The Kier molecular flexibility index (Phi) is 8.56. The largest absolute Gasteiger partial charge is 0.353 e. The van der Waals surface area contributed by atoms with Crippen LogP contribution in [0.5, 0.6) is 0 Å². The highest BCUT2D eigenvalue weighted by Gasteiger charge is 2.29. The Hall–Kier alpha value is 0.0700. The molecule has 1 aliphatic heterocycles. The van der Waals surface area contributed by atoms with Crippen molar-refractivity contribution in [1.29, 1.82) is 0 Å².